The Bertz CT molecular complexity index is 1170. The van der Waals surface area contributed by atoms with Crippen molar-refractivity contribution >= 4 is 17.3 Å². The Balaban J connectivity index is 1.98. The van der Waals surface area contributed by atoms with Gasteiger partial charge in [-0.1, -0.05) is 0 Å². The van der Waals surface area contributed by atoms with Crippen molar-refractivity contribution in [3.63, 3.8) is 0 Å². The number of amides is 1. The van der Waals surface area contributed by atoms with Crippen molar-refractivity contribution in [2.75, 3.05) is 6.79 Å². The Morgan fingerprint density at radius 1 is 1.30 bits per heavy atom. The van der Waals surface area contributed by atoms with Gasteiger partial charge in [0.15, 0.2) is 17.0 Å². The Kier molecular flexibility index (Phi) is 4.42. The van der Waals surface area contributed by atoms with Crippen LogP contribution in [0.4, 0.5) is 5.69 Å². The third-order valence-electron chi connectivity index (χ3n) is 5.26. The number of nitro groups is 1. The molecule has 2 aromatic carbocycles. The highest BCUT2D eigenvalue weighted by Crippen LogP contribution is 2.39. The first-order chi connectivity index (χ1) is 14.2. The molecule has 2 aliphatic rings. The molecular formula is C21H18N4O5. The van der Waals surface area contributed by atoms with E-state index >= 15 is 0 Å². The number of nitriles is 1. The summed E-state index contributed by atoms with van der Waals surface area (Å²) in [7, 11) is 0. The molecule has 0 aromatic heterocycles. The van der Waals surface area contributed by atoms with Gasteiger partial charge < -0.3 is 9.47 Å². The van der Waals surface area contributed by atoms with E-state index in [-0.39, 0.29) is 24.8 Å². The van der Waals surface area contributed by atoms with Gasteiger partial charge in [0, 0.05) is 36.1 Å². The van der Waals surface area contributed by atoms with Crippen LogP contribution in [0.5, 0.6) is 11.5 Å². The topological polar surface area (TPSA) is 118 Å². The normalized spacial score (nSPS) is 19.4. The van der Waals surface area contributed by atoms with E-state index in [1.54, 1.807) is 38.1 Å². The molecule has 0 fully saturated rings. The van der Waals surface area contributed by atoms with Crippen LogP contribution in [0.3, 0.4) is 0 Å². The van der Waals surface area contributed by atoms with Crippen LogP contribution in [0.15, 0.2) is 35.4 Å². The van der Waals surface area contributed by atoms with Crippen molar-refractivity contribution in [3.8, 4) is 17.6 Å². The predicted molar refractivity (Wildman–Crippen MR) is 106 cm³/mol. The van der Waals surface area contributed by atoms with Gasteiger partial charge in [0.1, 0.15) is 0 Å². The van der Waals surface area contributed by atoms with Crippen LogP contribution in [-0.2, 0) is 11.2 Å². The molecule has 1 atom stereocenters. The van der Waals surface area contributed by atoms with Crippen LogP contribution in [-0.4, -0.2) is 33.9 Å². The first-order valence-electron chi connectivity index (χ1n) is 9.22. The second-order valence-electron chi connectivity index (χ2n) is 7.46. The number of carbonyl (C=O) groups is 1. The van der Waals surface area contributed by atoms with Crippen molar-refractivity contribution in [3.05, 3.63) is 62.7 Å². The van der Waals surface area contributed by atoms with Gasteiger partial charge in [0.25, 0.3) is 5.69 Å². The number of hydrogen-bond donors (Lipinski definition) is 0. The summed E-state index contributed by atoms with van der Waals surface area (Å²) in [4.78, 5) is 23.2. The summed E-state index contributed by atoms with van der Waals surface area (Å²) in [5.41, 5.74) is 1.70. The zero-order valence-corrected chi connectivity index (χ0v) is 16.6. The molecule has 30 heavy (non-hydrogen) atoms. The van der Waals surface area contributed by atoms with Crippen molar-refractivity contribution < 1.29 is 19.2 Å². The van der Waals surface area contributed by atoms with E-state index in [1.165, 1.54) is 18.0 Å². The van der Waals surface area contributed by atoms with Crippen LogP contribution in [0, 0.1) is 28.4 Å². The summed E-state index contributed by atoms with van der Waals surface area (Å²) >= 11 is 0. The molecule has 9 nitrogen and oxygen atoms in total. The van der Waals surface area contributed by atoms with Gasteiger partial charge in [-0.15, -0.1) is 0 Å². The molecule has 2 heterocycles. The third kappa shape index (κ3) is 3.03. The molecule has 2 aromatic rings. The summed E-state index contributed by atoms with van der Waals surface area (Å²) < 4.78 is 11.0. The lowest BCUT2D eigenvalue weighted by atomic mass is 9.88. The molecule has 4 rings (SSSR count). The van der Waals surface area contributed by atoms with Crippen molar-refractivity contribution in [1.29, 1.82) is 5.26 Å². The zero-order valence-electron chi connectivity index (χ0n) is 16.6. The van der Waals surface area contributed by atoms with Gasteiger partial charge in [-0.3, -0.25) is 14.9 Å². The number of carbonyl (C=O) groups excluding carboxylic acids is 1. The van der Waals surface area contributed by atoms with Crippen LogP contribution >= 0.6 is 0 Å². The summed E-state index contributed by atoms with van der Waals surface area (Å²) in [6, 6.07) is 10.4. The molecule has 0 aliphatic carbocycles. The lowest BCUT2D eigenvalue weighted by Gasteiger charge is -2.29. The van der Waals surface area contributed by atoms with E-state index in [1.807, 2.05) is 0 Å². The fourth-order valence-electron chi connectivity index (χ4n) is 3.79. The monoisotopic (exact) mass is 406 g/mol. The van der Waals surface area contributed by atoms with Crippen LogP contribution < -0.4 is 9.47 Å². The second kappa shape index (κ2) is 6.84. The average molecular weight is 406 g/mol. The summed E-state index contributed by atoms with van der Waals surface area (Å²) in [6.45, 7) is 4.73. The van der Waals surface area contributed by atoms with E-state index in [0.717, 1.165) is 5.56 Å². The van der Waals surface area contributed by atoms with E-state index in [2.05, 4.69) is 11.2 Å². The fourth-order valence-corrected chi connectivity index (χ4v) is 3.79. The number of nitrogens with zero attached hydrogens (tertiary/aromatic N) is 4. The van der Waals surface area contributed by atoms with Crippen molar-refractivity contribution in [2.24, 2.45) is 5.10 Å². The van der Waals surface area contributed by atoms with Gasteiger partial charge in [-0.2, -0.15) is 10.4 Å². The molecule has 0 radical (unpaired) electrons. The van der Waals surface area contributed by atoms with E-state index < -0.39 is 10.5 Å². The van der Waals surface area contributed by atoms with E-state index in [0.29, 0.717) is 33.9 Å². The second-order valence-corrected chi connectivity index (χ2v) is 7.46. The van der Waals surface area contributed by atoms with Crippen LogP contribution in [0.1, 0.15) is 36.1 Å². The smallest absolute Gasteiger partial charge is 0.272 e. The SMILES string of the molecule is CC(=O)N1N=C(c2ccc([N+](=O)[O-])c(C)c2)c2cc3c(cc2CC1(C)C#N)OCO3. The van der Waals surface area contributed by atoms with Gasteiger partial charge in [-0.25, -0.2) is 5.01 Å². The maximum absolute atomic E-state index is 12.4. The number of hydrazone groups is 1. The first kappa shape index (κ1) is 19.4. The average Bonchev–Trinajstić information content (AvgIpc) is 3.09. The number of fused-ring (bicyclic) bond motifs is 2. The Morgan fingerprint density at radius 3 is 2.60 bits per heavy atom. The van der Waals surface area contributed by atoms with E-state index in [9.17, 15) is 20.2 Å². The molecule has 2 aliphatic heterocycles. The number of aryl methyl sites for hydroxylation is 1. The van der Waals surface area contributed by atoms with Crippen LogP contribution in [0.25, 0.3) is 0 Å². The van der Waals surface area contributed by atoms with Crippen LogP contribution in [0.2, 0.25) is 0 Å². The van der Waals surface area contributed by atoms with Gasteiger partial charge >= 0.3 is 0 Å². The third-order valence-corrected chi connectivity index (χ3v) is 5.26. The van der Waals surface area contributed by atoms with Crippen molar-refractivity contribution in [1.82, 2.24) is 5.01 Å². The minimum absolute atomic E-state index is 0.0100. The standard InChI is InChI=1S/C21H18N4O5/c1-12-6-14(4-5-17(12)25(27)28)20-16-8-19-18(29-11-30-19)7-15(16)9-21(3,10-22)24(23-20)13(2)26/h4-8H,9,11H2,1-3H3. The lowest BCUT2D eigenvalue weighted by molar-refractivity contribution is -0.385. The highest BCUT2D eigenvalue weighted by atomic mass is 16.7. The number of ether oxygens (including phenoxy) is 2. The molecule has 1 unspecified atom stereocenters. The summed E-state index contributed by atoms with van der Waals surface area (Å²) in [6.07, 6.45) is 0.230. The number of nitro benzene ring substituents is 1. The molecule has 0 N–H and O–H groups in total. The summed E-state index contributed by atoms with van der Waals surface area (Å²) in [5.74, 6) is 0.711. The largest absolute Gasteiger partial charge is 0.454 e. The molecule has 9 heteroatoms. The molecule has 0 spiro atoms. The highest BCUT2D eigenvalue weighted by Gasteiger charge is 2.39. The maximum Gasteiger partial charge on any atom is 0.272 e. The van der Waals surface area contributed by atoms with Gasteiger partial charge in [0.2, 0.25) is 12.7 Å². The fraction of sp³-hybridized carbons (Fsp3) is 0.286. The Morgan fingerprint density at radius 2 is 2.00 bits per heavy atom. The lowest BCUT2D eigenvalue weighted by Crippen LogP contribution is -2.46. The minimum atomic E-state index is -1.22. The van der Waals surface area contributed by atoms with Gasteiger partial charge in [-0.05, 0) is 43.7 Å². The molecule has 152 valence electrons. The maximum atomic E-state index is 12.4. The van der Waals surface area contributed by atoms with Gasteiger partial charge in [0.05, 0.1) is 16.7 Å². The summed E-state index contributed by atoms with van der Waals surface area (Å²) in [5, 5.41) is 26.8. The van der Waals surface area contributed by atoms with Crippen molar-refractivity contribution in [2.45, 2.75) is 32.7 Å². The zero-order chi connectivity index (χ0) is 21.6. The minimum Gasteiger partial charge on any atom is -0.454 e. The predicted octanol–water partition coefficient (Wildman–Crippen LogP) is 3.07. The molecule has 1 amide bonds. The highest BCUT2D eigenvalue weighted by molar-refractivity contribution is 6.15. The number of benzene rings is 2. The number of hydrogen-bond acceptors (Lipinski definition) is 7. The molecular weight excluding hydrogens is 388 g/mol. The Labute approximate surface area is 172 Å². The number of rotatable bonds is 2. The Hall–Kier alpha value is -3.93. The molecule has 0 bridgehead atoms. The molecule has 0 saturated heterocycles. The molecule has 0 saturated carbocycles. The first-order valence-corrected chi connectivity index (χ1v) is 9.22. The quantitative estimate of drug-likeness (QED) is 0.559. The van der Waals surface area contributed by atoms with E-state index in [4.69, 9.17) is 9.47 Å².